The van der Waals surface area contributed by atoms with Crippen molar-refractivity contribution in [3.8, 4) is 0 Å². The van der Waals surface area contributed by atoms with Gasteiger partial charge in [0.05, 0.1) is 12.6 Å². The van der Waals surface area contributed by atoms with Gasteiger partial charge in [-0.3, -0.25) is 0 Å². The summed E-state index contributed by atoms with van der Waals surface area (Å²) in [6.45, 7) is 0.645. The van der Waals surface area contributed by atoms with Crippen molar-refractivity contribution in [3.05, 3.63) is 0 Å². The molecule has 2 fully saturated rings. The van der Waals surface area contributed by atoms with Crippen LogP contribution in [0.3, 0.4) is 0 Å². The average molecular weight is 415 g/mol. The summed E-state index contributed by atoms with van der Waals surface area (Å²) in [6.07, 6.45) is 11.4. The number of nitrogens with one attached hydrogen (secondary N) is 1. The number of thioether (sulfide) groups is 1. The SMILES string of the molecule is O=C=NC1CCC(CC2CCC(NC(=O)OCCSCCOCO)CC2)CC1. The van der Waals surface area contributed by atoms with Crippen molar-refractivity contribution in [2.24, 2.45) is 16.8 Å². The van der Waals surface area contributed by atoms with E-state index in [1.165, 1.54) is 19.3 Å². The van der Waals surface area contributed by atoms with Gasteiger partial charge in [-0.2, -0.15) is 11.8 Å². The first-order chi connectivity index (χ1) is 13.7. The molecule has 0 saturated heterocycles. The minimum absolute atomic E-state index is 0.201. The molecule has 0 unspecified atom stereocenters. The molecule has 0 aromatic heterocycles. The zero-order valence-corrected chi connectivity index (χ0v) is 17.5. The van der Waals surface area contributed by atoms with E-state index in [9.17, 15) is 9.59 Å². The van der Waals surface area contributed by atoms with Crippen LogP contribution in [0.25, 0.3) is 0 Å². The lowest BCUT2D eigenvalue weighted by Gasteiger charge is -2.33. The summed E-state index contributed by atoms with van der Waals surface area (Å²) >= 11 is 1.63. The number of ether oxygens (including phenoxy) is 2. The van der Waals surface area contributed by atoms with Gasteiger partial charge >= 0.3 is 6.09 Å². The first kappa shape index (κ1) is 23.2. The molecule has 0 bridgehead atoms. The number of carbonyl (C=O) groups excluding carboxylic acids is 2. The number of aliphatic imine (C=N–C) groups is 1. The molecule has 2 aliphatic carbocycles. The van der Waals surface area contributed by atoms with Crippen LogP contribution in [-0.4, -0.2) is 60.9 Å². The summed E-state index contributed by atoms with van der Waals surface area (Å²) in [4.78, 5) is 26.1. The van der Waals surface area contributed by atoms with Gasteiger partial charge in [0, 0.05) is 17.5 Å². The topological polar surface area (TPSA) is 97.2 Å². The van der Waals surface area contributed by atoms with Crippen LogP contribution in [-0.2, 0) is 14.3 Å². The Morgan fingerprint density at radius 3 is 2.32 bits per heavy atom. The molecule has 160 valence electrons. The van der Waals surface area contributed by atoms with E-state index in [2.05, 4.69) is 10.3 Å². The van der Waals surface area contributed by atoms with Gasteiger partial charge in [0.25, 0.3) is 0 Å². The van der Waals surface area contributed by atoms with E-state index < -0.39 is 0 Å². The largest absolute Gasteiger partial charge is 0.449 e. The van der Waals surface area contributed by atoms with Crippen LogP contribution < -0.4 is 5.32 Å². The summed E-state index contributed by atoms with van der Waals surface area (Å²) in [5.74, 6) is 3.03. The van der Waals surface area contributed by atoms with E-state index in [0.717, 1.165) is 61.9 Å². The van der Waals surface area contributed by atoms with Crippen molar-refractivity contribution in [3.63, 3.8) is 0 Å². The van der Waals surface area contributed by atoms with Crippen molar-refractivity contribution >= 4 is 23.9 Å². The monoisotopic (exact) mass is 414 g/mol. The molecule has 0 aromatic carbocycles. The van der Waals surface area contributed by atoms with Crippen LogP contribution in [0.15, 0.2) is 4.99 Å². The number of hydrogen-bond acceptors (Lipinski definition) is 7. The number of isocyanates is 1. The molecule has 0 radical (unpaired) electrons. The smallest absolute Gasteiger partial charge is 0.407 e. The minimum Gasteiger partial charge on any atom is -0.449 e. The zero-order chi connectivity index (χ0) is 20.0. The Hall–Kier alpha value is -1.08. The van der Waals surface area contributed by atoms with E-state index in [-0.39, 0.29) is 25.0 Å². The molecule has 2 N–H and O–H groups in total. The molecule has 0 heterocycles. The lowest BCUT2D eigenvalue weighted by Crippen LogP contribution is -2.38. The van der Waals surface area contributed by atoms with Gasteiger partial charge in [-0.05, 0) is 69.6 Å². The number of alkyl carbamates (subject to hydrolysis) is 1. The van der Waals surface area contributed by atoms with Gasteiger partial charge in [-0.15, -0.1) is 0 Å². The van der Waals surface area contributed by atoms with Crippen molar-refractivity contribution in [1.29, 1.82) is 0 Å². The maximum Gasteiger partial charge on any atom is 0.407 e. The van der Waals surface area contributed by atoms with Gasteiger partial charge in [-0.1, -0.05) is 0 Å². The van der Waals surface area contributed by atoms with E-state index >= 15 is 0 Å². The number of carbonyl (C=O) groups is 1. The first-order valence-corrected chi connectivity index (χ1v) is 11.6. The Morgan fingerprint density at radius 1 is 1.04 bits per heavy atom. The first-order valence-electron chi connectivity index (χ1n) is 10.5. The molecule has 2 rings (SSSR count). The van der Waals surface area contributed by atoms with E-state index in [1.54, 1.807) is 17.8 Å². The second-order valence-electron chi connectivity index (χ2n) is 7.78. The molecule has 8 heteroatoms. The number of amides is 1. The van der Waals surface area contributed by atoms with Crippen LogP contribution in [0.2, 0.25) is 0 Å². The van der Waals surface area contributed by atoms with E-state index in [0.29, 0.717) is 13.2 Å². The highest BCUT2D eigenvalue weighted by Crippen LogP contribution is 2.36. The average Bonchev–Trinajstić information content (AvgIpc) is 2.70. The Kier molecular flexibility index (Phi) is 11.6. The van der Waals surface area contributed by atoms with E-state index in [4.69, 9.17) is 14.6 Å². The summed E-state index contributed by atoms with van der Waals surface area (Å²) in [5.41, 5.74) is 0. The highest BCUT2D eigenvalue weighted by Gasteiger charge is 2.27. The number of hydrogen-bond donors (Lipinski definition) is 2. The molecule has 0 aliphatic heterocycles. The number of aliphatic hydroxyl groups is 1. The van der Waals surface area contributed by atoms with Gasteiger partial charge in [0.15, 0.2) is 0 Å². The standard InChI is InChI=1S/C20H34N2O5S/c23-14-21-18-5-1-16(2-6-18)13-17-3-7-19(8-4-17)22-20(25)27-10-12-28-11-9-26-15-24/h16-19,24H,1-13,15H2,(H,22,25). The molecular formula is C20H34N2O5S. The molecule has 0 spiro atoms. The van der Waals surface area contributed by atoms with Crippen molar-refractivity contribution < 1.29 is 24.2 Å². The van der Waals surface area contributed by atoms with Crippen molar-refractivity contribution in [2.75, 3.05) is 31.5 Å². The molecule has 0 atom stereocenters. The van der Waals surface area contributed by atoms with Crippen LogP contribution in [0, 0.1) is 11.8 Å². The molecule has 28 heavy (non-hydrogen) atoms. The Bertz CT molecular complexity index is 485. The summed E-state index contributed by atoms with van der Waals surface area (Å²) in [5, 5.41) is 11.5. The summed E-state index contributed by atoms with van der Waals surface area (Å²) < 4.78 is 10.1. The summed E-state index contributed by atoms with van der Waals surface area (Å²) in [6, 6.07) is 0.430. The molecule has 7 nitrogen and oxygen atoms in total. The van der Waals surface area contributed by atoms with Crippen LogP contribution >= 0.6 is 11.8 Å². The fraction of sp³-hybridized carbons (Fsp3) is 0.900. The second-order valence-corrected chi connectivity index (χ2v) is 9.00. The molecule has 0 aromatic rings. The highest BCUT2D eigenvalue weighted by atomic mass is 32.2. The fourth-order valence-corrected chi connectivity index (χ4v) is 4.93. The molecule has 1 amide bonds. The normalized spacial score (nSPS) is 27.6. The predicted molar refractivity (Wildman–Crippen MR) is 109 cm³/mol. The van der Waals surface area contributed by atoms with Crippen LogP contribution in [0.5, 0.6) is 0 Å². The zero-order valence-electron chi connectivity index (χ0n) is 16.6. The minimum atomic E-state index is -0.315. The maximum atomic E-state index is 11.9. The van der Waals surface area contributed by atoms with Crippen LogP contribution in [0.4, 0.5) is 4.79 Å². The van der Waals surface area contributed by atoms with Crippen molar-refractivity contribution in [1.82, 2.24) is 5.32 Å². The molecule has 2 saturated carbocycles. The Labute approximate surface area is 172 Å². The molecule has 2 aliphatic rings. The maximum absolute atomic E-state index is 11.9. The van der Waals surface area contributed by atoms with Crippen LogP contribution in [0.1, 0.15) is 57.8 Å². The van der Waals surface area contributed by atoms with Gasteiger partial charge in [0.2, 0.25) is 6.08 Å². The third-order valence-corrected chi connectivity index (χ3v) is 6.72. The number of nitrogens with zero attached hydrogens (tertiary/aromatic N) is 1. The third kappa shape index (κ3) is 9.41. The second kappa shape index (κ2) is 14.0. The van der Waals surface area contributed by atoms with Crippen molar-refractivity contribution in [2.45, 2.75) is 69.9 Å². The quantitative estimate of drug-likeness (QED) is 0.233. The van der Waals surface area contributed by atoms with Gasteiger partial charge in [-0.25, -0.2) is 14.6 Å². The predicted octanol–water partition coefficient (Wildman–Crippen LogP) is 3.26. The fourth-order valence-electron chi connectivity index (χ4n) is 4.28. The summed E-state index contributed by atoms with van der Waals surface area (Å²) in [7, 11) is 0. The number of rotatable bonds is 11. The Balaban J connectivity index is 1.50. The molecular weight excluding hydrogens is 380 g/mol. The Morgan fingerprint density at radius 2 is 1.68 bits per heavy atom. The van der Waals surface area contributed by atoms with E-state index in [1.807, 2.05) is 0 Å². The lowest BCUT2D eigenvalue weighted by atomic mass is 9.76. The highest BCUT2D eigenvalue weighted by molar-refractivity contribution is 7.99. The third-order valence-electron chi connectivity index (χ3n) is 5.81. The van der Waals surface area contributed by atoms with Gasteiger partial charge < -0.3 is 19.9 Å². The lowest BCUT2D eigenvalue weighted by molar-refractivity contribution is 0.00671. The number of aliphatic hydroxyl groups excluding tert-OH is 1. The van der Waals surface area contributed by atoms with Gasteiger partial charge in [0.1, 0.15) is 13.4 Å².